The van der Waals surface area contributed by atoms with Crippen LogP contribution in [0, 0.1) is 5.92 Å². The number of hydrogen-bond acceptors (Lipinski definition) is 2. The first-order valence-corrected chi connectivity index (χ1v) is 8.63. The zero-order valence-corrected chi connectivity index (χ0v) is 14.0. The molecule has 0 aromatic heterocycles. The number of benzene rings is 1. The SMILES string of the molecule is CCCCCCC=CC(C(=O)CCC)C(O)c1ccccc1. The van der Waals surface area contributed by atoms with Crippen molar-refractivity contribution in [2.24, 2.45) is 5.92 Å². The maximum atomic E-state index is 12.3. The van der Waals surface area contributed by atoms with Crippen LogP contribution in [0.2, 0.25) is 0 Å². The summed E-state index contributed by atoms with van der Waals surface area (Å²) in [5, 5.41) is 10.5. The number of aliphatic hydroxyl groups is 1. The Hall–Kier alpha value is -1.41. The van der Waals surface area contributed by atoms with Gasteiger partial charge in [-0.3, -0.25) is 4.79 Å². The fraction of sp³-hybridized carbons (Fsp3) is 0.550. The van der Waals surface area contributed by atoms with E-state index >= 15 is 0 Å². The Morgan fingerprint density at radius 1 is 1.09 bits per heavy atom. The summed E-state index contributed by atoms with van der Waals surface area (Å²) in [5.74, 6) is -0.294. The van der Waals surface area contributed by atoms with Crippen LogP contribution in [0.25, 0.3) is 0 Å². The predicted octanol–water partition coefficient (Wildman–Crippen LogP) is 5.23. The van der Waals surface area contributed by atoms with Crippen molar-refractivity contribution in [2.45, 2.75) is 64.9 Å². The molecule has 0 fully saturated rings. The number of allylic oxidation sites excluding steroid dienone is 1. The van der Waals surface area contributed by atoms with E-state index in [2.05, 4.69) is 13.0 Å². The summed E-state index contributed by atoms with van der Waals surface area (Å²) in [6, 6.07) is 9.48. The number of rotatable bonds is 11. The van der Waals surface area contributed by atoms with E-state index in [1.54, 1.807) is 0 Å². The molecular weight excluding hydrogens is 272 g/mol. The van der Waals surface area contributed by atoms with E-state index in [-0.39, 0.29) is 5.78 Å². The number of Topliss-reactive ketones (excluding diaryl/α,β-unsaturated/α-hetero) is 1. The largest absolute Gasteiger partial charge is 0.387 e. The number of ketones is 1. The fourth-order valence-corrected chi connectivity index (χ4v) is 2.59. The van der Waals surface area contributed by atoms with Gasteiger partial charge in [0, 0.05) is 6.42 Å². The Bertz CT molecular complexity index is 436. The van der Waals surface area contributed by atoms with Crippen LogP contribution in [-0.4, -0.2) is 10.9 Å². The first-order valence-electron chi connectivity index (χ1n) is 8.63. The summed E-state index contributed by atoms with van der Waals surface area (Å²) in [6.07, 6.45) is 10.4. The van der Waals surface area contributed by atoms with Gasteiger partial charge in [0.2, 0.25) is 0 Å². The molecule has 0 aliphatic heterocycles. The quantitative estimate of drug-likeness (QED) is 0.449. The molecule has 0 amide bonds. The van der Waals surface area contributed by atoms with Crippen molar-refractivity contribution in [3.05, 3.63) is 48.0 Å². The molecule has 1 aromatic rings. The maximum Gasteiger partial charge on any atom is 0.142 e. The second kappa shape index (κ2) is 11.2. The molecule has 2 unspecified atom stereocenters. The van der Waals surface area contributed by atoms with E-state index in [0.29, 0.717) is 6.42 Å². The molecule has 1 aromatic carbocycles. The molecule has 0 saturated carbocycles. The number of carbonyl (C=O) groups is 1. The lowest BCUT2D eigenvalue weighted by Crippen LogP contribution is -2.20. The molecule has 2 nitrogen and oxygen atoms in total. The number of aliphatic hydroxyl groups excluding tert-OH is 1. The maximum absolute atomic E-state index is 12.3. The monoisotopic (exact) mass is 302 g/mol. The van der Waals surface area contributed by atoms with Crippen molar-refractivity contribution >= 4 is 5.78 Å². The van der Waals surface area contributed by atoms with Gasteiger partial charge in [0.25, 0.3) is 0 Å². The summed E-state index contributed by atoms with van der Waals surface area (Å²) in [7, 11) is 0. The van der Waals surface area contributed by atoms with Gasteiger partial charge in [0.1, 0.15) is 5.78 Å². The van der Waals surface area contributed by atoms with Crippen LogP contribution in [-0.2, 0) is 4.79 Å². The van der Waals surface area contributed by atoms with Gasteiger partial charge in [-0.25, -0.2) is 0 Å². The molecule has 0 aliphatic carbocycles. The zero-order chi connectivity index (χ0) is 16.2. The van der Waals surface area contributed by atoms with Crippen molar-refractivity contribution in [3.8, 4) is 0 Å². The molecule has 2 heteroatoms. The van der Waals surface area contributed by atoms with E-state index in [0.717, 1.165) is 24.8 Å². The molecule has 0 aliphatic rings. The van der Waals surface area contributed by atoms with Crippen LogP contribution in [0.4, 0.5) is 0 Å². The van der Waals surface area contributed by atoms with Gasteiger partial charge in [-0.1, -0.05) is 75.6 Å². The minimum Gasteiger partial charge on any atom is -0.387 e. The molecule has 22 heavy (non-hydrogen) atoms. The van der Waals surface area contributed by atoms with Crippen molar-refractivity contribution in [1.29, 1.82) is 0 Å². The summed E-state index contributed by atoms with van der Waals surface area (Å²) in [5.41, 5.74) is 0.813. The van der Waals surface area contributed by atoms with E-state index < -0.39 is 12.0 Å². The summed E-state index contributed by atoms with van der Waals surface area (Å²) < 4.78 is 0. The molecule has 0 spiro atoms. The molecule has 122 valence electrons. The predicted molar refractivity (Wildman–Crippen MR) is 92.7 cm³/mol. The summed E-state index contributed by atoms with van der Waals surface area (Å²) >= 11 is 0. The average Bonchev–Trinajstić information content (AvgIpc) is 2.54. The van der Waals surface area contributed by atoms with Crippen molar-refractivity contribution in [3.63, 3.8) is 0 Å². The van der Waals surface area contributed by atoms with E-state index in [1.165, 1.54) is 19.3 Å². The van der Waals surface area contributed by atoms with E-state index in [1.807, 2.05) is 43.3 Å². The third-order valence-corrected chi connectivity index (χ3v) is 3.92. The molecule has 1 N–H and O–H groups in total. The molecule has 0 saturated heterocycles. The topological polar surface area (TPSA) is 37.3 Å². The minimum absolute atomic E-state index is 0.128. The van der Waals surface area contributed by atoms with Crippen molar-refractivity contribution < 1.29 is 9.90 Å². The zero-order valence-electron chi connectivity index (χ0n) is 14.0. The Labute approximate surface area is 135 Å². The van der Waals surface area contributed by atoms with Crippen LogP contribution in [0.5, 0.6) is 0 Å². The van der Waals surface area contributed by atoms with Gasteiger partial charge < -0.3 is 5.11 Å². The lowest BCUT2D eigenvalue weighted by molar-refractivity contribution is -0.124. The Balaban J connectivity index is 2.67. The highest BCUT2D eigenvalue weighted by molar-refractivity contribution is 5.83. The van der Waals surface area contributed by atoms with Crippen molar-refractivity contribution in [1.82, 2.24) is 0 Å². The fourth-order valence-electron chi connectivity index (χ4n) is 2.59. The van der Waals surface area contributed by atoms with Gasteiger partial charge in [-0.2, -0.15) is 0 Å². The molecule has 0 radical (unpaired) electrons. The van der Waals surface area contributed by atoms with Crippen LogP contribution >= 0.6 is 0 Å². The third kappa shape index (κ3) is 6.57. The number of hydrogen-bond donors (Lipinski definition) is 1. The lowest BCUT2D eigenvalue weighted by Gasteiger charge is -2.19. The second-order valence-corrected chi connectivity index (χ2v) is 5.88. The minimum atomic E-state index is -0.743. The lowest BCUT2D eigenvalue weighted by atomic mass is 9.89. The van der Waals surface area contributed by atoms with Crippen LogP contribution in [0.15, 0.2) is 42.5 Å². The third-order valence-electron chi connectivity index (χ3n) is 3.92. The van der Waals surface area contributed by atoms with E-state index in [4.69, 9.17) is 0 Å². The standard InChI is InChI=1S/C20H30O2/c1-3-5-6-7-8-12-16-18(19(21)13-4-2)20(22)17-14-10-9-11-15-17/h9-12,14-16,18,20,22H,3-8,13H2,1-2H3. The highest BCUT2D eigenvalue weighted by Crippen LogP contribution is 2.25. The first-order chi connectivity index (χ1) is 10.7. The second-order valence-electron chi connectivity index (χ2n) is 5.88. The van der Waals surface area contributed by atoms with Crippen molar-refractivity contribution in [2.75, 3.05) is 0 Å². The Morgan fingerprint density at radius 3 is 2.45 bits per heavy atom. The van der Waals surface area contributed by atoms with Crippen LogP contribution in [0.1, 0.15) is 70.5 Å². The summed E-state index contributed by atoms with van der Waals surface area (Å²) in [6.45, 7) is 4.20. The van der Waals surface area contributed by atoms with Gasteiger partial charge >= 0.3 is 0 Å². The smallest absolute Gasteiger partial charge is 0.142 e. The van der Waals surface area contributed by atoms with Gasteiger partial charge in [-0.15, -0.1) is 0 Å². The Kier molecular flexibility index (Phi) is 9.49. The van der Waals surface area contributed by atoms with Gasteiger partial charge in [-0.05, 0) is 24.8 Å². The normalized spacial score (nSPS) is 14.1. The summed E-state index contributed by atoms with van der Waals surface area (Å²) in [4.78, 5) is 12.3. The molecule has 1 rings (SSSR count). The van der Waals surface area contributed by atoms with Gasteiger partial charge in [0.15, 0.2) is 0 Å². The highest BCUT2D eigenvalue weighted by atomic mass is 16.3. The number of carbonyl (C=O) groups excluding carboxylic acids is 1. The molecule has 2 atom stereocenters. The average molecular weight is 302 g/mol. The number of unbranched alkanes of at least 4 members (excludes halogenated alkanes) is 4. The van der Waals surface area contributed by atoms with Gasteiger partial charge in [0.05, 0.1) is 12.0 Å². The Morgan fingerprint density at radius 2 is 1.82 bits per heavy atom. The molecule has 0 heterocycles. The van der Waals surface area contributed by atoms with E-state index in [9.17, 15) is 9.90 Å². The van der Waals surface area contributed by atoms with Crippen LogP contribution in [0.3, 0.4) is 0 Å². The first kappa shape index (κ1) is 18.6. The van der Waals surface area contributed by atoms with Crippen LogP contribution < -0.4 is 0 Å². The highest BCUT2D eigenvalue weighted by Gasteiger charge is 2.24. The molecule has 0 bridgehead atoms. The molecular formula is C20H30O2.